The number of rotatable bonds is 3. The highest BCUT2D eigenvalue weighted by atomic mass is 16.2. The molecule has 7 heteroatoms. The SMILES string of the molecule is NC(=O)c1ccc(N2CCN(C(=O)NC3CC3)CC2)nc1. The standard InChI is InChI=1S/C14H19N5O2/c15-13(20)10-1-4-12(16-9-10)18-5-7-19(8-6-18)14(21)17-11-2-3-11/h1,4,9,11H,2-3,5-8H2,(H2,15,20)(H,17,21). The molecule has 0 unspecified atom stereocenters. The molecule has 112 valence electrons. The molecule has 3 N–H and O–H groups in total. The molecule has 1 aromatic rings. The van der Waals surface area contributed by atoms with Crippen LogP contribution in [0.3, 0.4) is 0 Å². The zero-order valence-corrected chi connectivity index (χ0v) is 11.8. The van der Waals surface area contributed by atoms with Gasteiger partial charge in [0.1, 0.15) is 5.82 Å². The summed E-state index contributed by atoms with van der Waals surface area (Å²) in [5, 5.41) is 3.00. The van der Waals surface area contributed by atoms with Crippen molar-refractivity contribution in [3.05, 3.63) is 23.9 Å². The zero-order valence-electron chi connectivity index (χ0n) is 11.8. The van der Waals surface area contributed by atoms with E-state index in [4.69, 9.17) is 5.73 Å². The highest BCUT2D eigenvalue weighted by Gasteiger charge is 2.27. The van der Waals surface area contributed by atoms with Gasteiger partial charge in [-0.1, -0.05) is 0 Å². The maximum atomic E-state index is 11.9. The Kier molecular flexibility index (Phi) is 3.64. The second-order valence-electron chi connectivity index (χ2n) is 5.47. The second-order valence-corrected chi connectivity index (χ2v) is 5.47. The number of urea groups is 1. The van der Waals surface area contributed by atoms with E-state index in [1.54, 1.807) is 12.1 Å². The molecule has 1 aromatic heterocycles. The molecule has 2 fully saturated rings. The lowest BCUT2D eigenvalue weighted by molar-refractivity contribution is 0.1000. The molecule has 3 amide bonds. The number of hydrogen-bond donors (Lipinski definition) is 2. The Morgan fingerprint density at radius 2 is 1.90 bits per heavy atom. The van der Waals surface area contributed by atoms with Gasteiger partial charge in [0.15, 0.2) is 0 Å². The molecule has 0 aromatic carbocycles. The van der Waals surface area contributed by atoms with Crippen LogP contribution in [0.2, 0.25) is 0 Å². The predicted molar refractivity (Wildman–Crippen MR) is 78.1 cm³/mol. The number of primary amides is 1. The number of carbonyl (C=O) groups excluding carboxylic acids is 2. The average molecular weight is 289 g/mol. The summed E-state index contributed by atoms with van der Waals surface area (Å²) in [6.45, 7) is 2.83. The summed E-state index contributed by atoms with van der Waals surface area (Å²) < 4.78 is 0. The lowest BCUT2D eigenvalue weighted by atomic mass is 10.2. The third-order valence-electron chi connectivity index (χ3n) is 3.83. The first-order valence-electron chi connectivity index (χ1n) is 7.20. The van der Waals surface area contributed by atoms with Crippen LogP contribution in [0, 0.1) is 0 Å². The normalized spacial score (nSPS) is 18.5. The number of nitrogens with one attached hydrogen (secondary N) is 1. The third kappa shape index (κ3) is 3.24. The molecule has 1 aliphatic heterocycles. The molecule has 2 aliphatic rings. The Morgan fingerprint density at radius 1 is 1.19 bits per heavy atom. The predicted octanol–water partition coefficient (Wildman–Crippen LogP) is 0.174. The Balaban J connectivity index is 1.54. The van der Waals surface area contributed by atoms with Crippen molar-refractivity contribution < 1.29 is 9.59 Å². The molecule has 21 heavy (non-hydrogen) atoms. The Labute approximate surface area is 123 Å². The maximum absolute atomic E-state index is 11.9. The van der Waals surface area contributed by atoms with Crippen molar-refractivity contribution >= 4 is 17.8 Å². The molecule has 0 spiro atoms. The monoisotopic (exact) mass is 289 g/mol. The number of aromatic nitrogens is 1. The van der Waals surface area contributed by atoms with Gasteiger partial charge in [0.2, 0.25) is 5.91 Å². The van der Waals surface area contributed by atoms with Crippen LogP contribution in [-0.2, 0) is 0 Å². The van der Waals surface area contributed by atoms with Crippen molar-refractivity contribution in [2.75, 3.05) is 31.1 Å². The summed E-state index contributed by atoms with van der Waals surface area (Å²) in [5.41, 5.74) is 5.60. The van der Waals surface area contributed by atoms with E-state index in [2.05, 4.69) is 15.2 Å². The quantitative estimate of drug-likeness (QED) is 0.830. The van der Waals surface area contributed by atoms with E-state index in [1.165, 1.54) is 6.20 Å². The lowest BCUT2D eigenvalue weighted by Crippen LogP contribution is -2.52. The second kappa shape index (κ2) is 5.59. The Bertz CT molecular complexity index is 533. The van der Waals surface area contributed by atoms with Crippen LogP contribution in [-0.4, -0.2) is 54.0 Å². The Morgan fingerprint density at radius 3 is 2.43 bits per heavy atom. The molecule has 1 saturated carbocycles. The fraction of sp³-hybridized carbons (Fsp3) is 0.500. The van der Waals surface area contributed by atoms with E-state index in [-0.39, 0.29) is 6.03 Å². The smallest absolute Gasteiger partial charge is 0.317 e. The van der Waals surface area contributed by atoms with Crippen LogP contribution in [0.1, 0.15) is 23.2 Å². The number of hydrogen-bond acceptors (Lipinski definition) is 4. The van der Waals surface area contributed by atoms with Gasteiger partial charge in [-0.2, -0.15) is 0 Å². The molecule has 1 aliphatic carbocycles. The van der Waals surface area contributed by atoms with Crippen molar-refractivity contribution in [2.24, 2.45) is 5.73 Å². The van der Waals surface area contributed by atoms with Crippen molar-refractivity contribution in [1.29, 1.82) is 0 Å². The van der Waals surface area contributed by atoms with E-state index in [9.17, 15) is 9.59 Å². The van der Waals surface area contributed by atoms with Gasteiger partial charge in [0.05, 0.1) is 5.56 Å². The van der Waals surface area contributed by atoms with Crippen LogP contribution in [0.15, 0.2) is 18.3 Å². The summed E-state index contributed by atoms with van der Waals surface area (Å²) >= 11 is 0. The van der Waals surface area contributed by atoms with Crippen molar-refractivity contribution in [1.82, 2.24) is 15.2 Å². The van der Waals surface area contributed by atoms with Crippen molar-refractivity contribution in [3.63, 3.8) is 0 Å². The molecule has 3 rings (SSSR count). The first kappa shape index (κ1) is 13.7. The summed E-state index contributed by atoms with van der Waals surface area (Å²) in [7, 11) is 0. The first-order chi connectivity index (χ1) is 10.1. The number of anilines is 1. The zero-order chi connectivity index (χ0) is 14.8. The van der Waals surface area contributed by atoms with Crippen LogP contribution >= 0.6 is 0 Å². The third-order valence-corrected chi connectivity index (χ3v) is 3.83. The summed E-state index contributed by atoms with van der Waals surface area (Å²) in [6, 6.07) is 3.89. The molecule has 0 atom stereocenters. The maximum Gasteiger partial charge on any atom is 0.317 e. The van der Waals surface area contributed by atoms with Gasteiger partial charge in [0, 0.05) is 38.4 Å². The Hall–Kier alpha value is -2.31. The van der Waals surface area contributed by atoms with Gasteiger partial charge in [-0.25, -0.2) is 9.78 Å². The van der Waals surface area contributed by atoms with E-state index >= 15 is 0 Å². The number of amides is 3. The summed E-state index contributed by atoms with van der Waals surface area (Å²) in [5.74, 6) is 0.331. The topological polar surface area (TPSA) is 91.6 Å². The fourth-order valence-corrected chi connectivity index (χ4v) is 2.35. The lowest BCUT2D eigenvalue weighted by Gasteiger charge is -2.35. The number of carbonyl (C=O) groups is 2. The minimum atomic E-state index is -0.476. The van der Waals surface area contributed by atoms with E-state index in [1.807, 2.05) is 4.90 Å². The van der Waals surface area contributed by atoms with Crippen LogP contribution < -0.4 is 16.0 Å². The molecule has 0 radical (unpaired) electrons. The molecule has 1 saturated heterocycles. The average Bonchev–Trinajstić information content (AvgIpc) is 3.31. The first-order valence-corrected chi connectivity index (χ1v) is 7.20. The van der Waals surface area contributed by atoms with E-state index in [0.717, 1.165) is 31.7 Å². The van der Waals surface area contributed by atoms with Gasteiger partial charge < -0.3 is 20.9 Å². The van der Waals surface area contributed by atoms with Gasteiger partial charge in [-0.05, 0) is 25.0 Å². The summed E-state index contributed by atoms with van der Waals surface area (Å²) in [4.78, 5) is 31.2. The van der Waals surface area contributed by atoms with E-state index < -0.39 is 5.91 Å². The molecule has 0 bridgehead atoms. The van der Waals surface area contributed by atoms with Crippen LogP contribution in [0.25, 0.3) is 0 Å². The van der Waals surface area contributed by atoms with Crippen molar-refractivity contribution in [3.8, 4) is 0 Å². The van der Waals surface area contributed by atoms with Gasteiger partial charge in [-0.15, -0.1) is 0 Å². The molecular weight excluding hydrogens is 270 g/mol. The largest absolute Gasteiger partial charge is 0.366 e. The fourth-order valence-electron chi connectivity index (χ4n) is 2.35. The molecular formula is C14H19N5O2. The molecule has 7 nitrogen and oxygen atoms in total. The minimum absolute atomic E-state index is 0.0363. The number of nitrogens with two attached hydrogens (primary N) is 1. The van der Waals surface area contributed by atoms with Crippen LogP contribution in [0.4, 0.5) is 10.6 Å². The number of pyridine rings is 1. The number of nitrogens with zero attached hydrogens (tertiary/aromatic N) is 3. The van der Waals surface area contributed by atoms with Gasteiger partial charge in [0.25, 0.3) is 0 Å². The number of piperazine rings is 1. The minimum Gasteiger partial charge on any atom is -0.366 e. The van der Waals surface area contributed by atoms with Crippen LogP contribution in [0.5, 0.6) is 0 Å². The molecule has 2 heterocycles. The van der Waals surface area contributed by atoms with E-state index in [0.29, 0.717) is 24.7 Å². The highest BCUT2D eigenvalue weighted by molar-refractivity contribution is 5.92. The van der Waals surface area contributed by atoms with Gasteiger partial charge >= 0.3 is 6.03 Å². The van der Waals surface area contributed by atoms with Gasteiger partial charge in [-0.3, -0.25) is 4.79 Å². The summed E-state index contributed by atoms with van der Waals surface area (Å²) in [6.07, 6.45) is 3.69. The highest BCUT2D eigenvalue weighted by Crippen LogP contribution is 2.19. The van der Waals surface area contributed by atoms with Crippen molar-refractivity contribution in [2.45, 2.75) is 18.9 Å².